The number of nitrogens with zero attached hydrogens (tertiary/aromatic N) is 1. The van der Waals surface area contributed by atoms with Crippen LogP contribution in [0.4, 0.5) is 0 Å². The molecule has 0 saturated carbocycles. The van der Waals surface area contributed by atoms with Crippen molar-refractivity contribution in [1.82, 2.24) is 9.62 Å². The normalized spacial score (nSPS) is 20.8. The molecule has 1 amide bonds. The maximum atomic E-state index is 12.9. The van der Waals surface area contributed by atoms with Crippen molar-refractivity contribution in [3.63, 3.8) is 0 Å². The molecule has 28 heavy (non-hydrogen) atoms. The molecular weight excluding hydrogens is 380 g/mol. The average Bonchev–Trinajstić information content (AvgIpc) is 3.24. The summed E-state index contributed by atoms with van der Waals surface area (Å²) in [4.78, 5) is 12.4. The first-order valence-corrected chi connectivity index (χ1v) is 11.5. The van der Waals surface area contributed by atoms with Gasteiger partial charge in [-0.1, -0.05) is 6.42 Å². The average molecular weight is 411 g/mol. The molecule has 0 aromatic heterocycles. The van der Waals surface area contributed by atoms with Crippen LogP contribution in [0.2, 0.25) is 0 Å². The van der Waals surface area contributed by atoms with Gasteiger partial charge in [-0.05, 0) is 55.9 Å². The highest BCUT2D eigenvalue weighted by Crippen LogP contribution is 2.27. The fourth-order valence-electron chi connectivity index (χ4n) is 3.73. The zero-order valence-corrected chi connectivity index (χ0v) is 17.3. The number of nitrogens with one attached hydrogen (secondary N) is 1. The van der Waals surface area contributed by atoms with Crippen LogP contribution >= 0.6 is 0 Å². The second-order valence-electron chi connectivity index (χ2n) is 7.38. The Morgan fingerprint density at radius 2 is 2.04 bits per heavy atom. The summed E-state index contributed by atoms with van der Waals surface area (Å²) in [6, 6.07) is 4.91. The van der Waals surface area contributed by atoms with Gasteiger partial charge in [0, 0.05) is 32.7 Å². The van der Waals surface area contributed by atoms with E-state index in [0.29, 0.717) is 31.8 Å². The van der Waals surface area contributed by atoms with Crippen LogP contribution in [-0.2, 0) is 26.0 Å². The number of aryl methyl sites for hydroxylation is 1. The largest absolute Gasteiger partial charge is 0.496 e. The van der Waals surface area contributed by atoms with E-state index in [0.717, 1.165) is 44.3 Å². The van der Waals surface area contributed by atoms with Gasteiger partial charge < -0.3 is 14.8 Å². The van der Waals surface area contributed by atoms with Crippen LogP contribution in [-0.4, -0.2) is 58.1 Å². The summed E-state index contributed by atoms with van der Waals surface area (Å²) in [6.07, 6.45) is 5.68. The second kappa shape index (κ2) is 9.71. The zero-order valence-electron chi connectivity index (χ0n) is 16.5. The van der Waals surface area contributed by atoms with Crippen molar-refractivity contribution < 1.29 is 22.7 Å². The third kappa shape index (κ3) is 5.24. The van der Waals surface area contributed by atoms with Crippen molar-refractivity contribution in [1.29, 1.82) is 0 Å². The number of hydrogen-bond donors (Lipinski definition) is 1. The minimum Gasteiger partial charge on any atom is -0.496 e. The Hall–Kier alpha value is -1.64. The highest BCUT2D eigenvalue weighted by Gasteiger charge is 2.26. The molecule has 3 rings (SSSR count). The molecule has 2 heterocycles. The Morgan fingerprint density at radius 3 is 2.71 bits per heavy atom. The molecule has 1 aromatic rings. The van der Waals surface area contributed by atoms with Gasteiger partial charge >= 0.3 is 0 Å². The van der Waals surface area contributed by atoms with E-state index in [4.69, 9.17) is 9.47 Å². The van der Waals surface area contributed by atoms with Crippen LogP contribution in [0.5, 0.6) is 5.75 Å². The van der Waals surface area contributed by atoms with Gasteiger partial charge in [0.05, 0.1) is 18.1 Å². The van der Waals surface area contributed by atoms with E-state index < -0.39 is 10.0 Å². The number of carbonyl (C=O) groups is 1. The van der Waals surface area contributed by atoms with Crippen molar-refractivity contribution in [2.75, 3.05) is 33.4 Å². The summed E-state index contributed by atoms with van der Waals surface area (Å²) in [5, 5.41) is 2.90. The van der Waals surface area contributed by atoms with E-state index in [-0.39, 0.29) is 23.3 Å². The molecule has 156 valence electrons. The molecule has 0 radical (unpaired) electrons. The summed E-state index contributed by atoms with van der Waals surface area (Å²) in [6.45, 7) is 2.42. The first kappa shape index (κ1) is 21.1. The van der Waals surface area contributed by atoms with Gasteiger partial charge in [-0.3, -0.25) is 4.79 Å². The summed E-state index contributed by atoms with van der Waals surface area (Å²) in [5.74, 6) is 0.534. The van der Waals surface area contributed by atoms with Gasteiger partial charge in [0.25, 0.3) is 0 Å². The minimum atomic E-state index is -3.51. The van der Waals surface area contributed by atoms with Crippen molar-refractivity contribution in [2.45, 2.75) is 55.9 Å². The van der Waals surface area contributed by atoms with Crippen LogP contribution in [0, 0.1) is 0 Å². The third-order valence-corrected chi connectivity index (χ3v) is 7.27. The van der Waals surface area contributed by atoms with Crippen molar-refractivity contribution in [3.05, 3.63) is 23.8 Å². The van der Waals surface area contributed by atoms with Crippen LogP contribution in [0.3, 0.4) is 0 Å². The van der Waals surface area contributed by atoms with Crippen molar-refractivity contribution in [3.8, 4) is 5.75 Å². The Balaban J connectivity index is 1.64. The lowest BCUT2D eigenvalue weighted by atomic mass is 10.1. The van der Waals surface area contributed by atoms with Gasteiger partial charge in [-0.25, -0.2) is 8.42 Å². The molecule has 7 nitrogen and oxygen atoms in total. The Morgan fingerprint density at radius 1 is 1.25 bits per heavy atom. The van der Waals surface area contributed by atoms with Crippen molar-refractivity contribution in [2.24, 2.45) is 0 Å². The first-order valence-electron chi connectivity index (χ1n) is 10.1. The van der Waals surface area contributed by atoms with E-state index in [1.807, 2.05) is 0 Å². The van der Waals surface area contributed by atoms with Crippen LogP contribution in [0.1, 0.15) is 44.1 Å². The second-order valence-corrected chi connectivity index (χ2v) is 9.32. The van der Waals surface area contributed by atoms with Crippen molar-refractivity contribution >= 4 is 15.9 Å². The van der Waals surface area contributed by atoms with Crippen LogP contribution in [0.15, 0.2) is 23.1 Å². The minimum absolute atomic E-state index is 0.0677. The van der Waals surface area contributed by atoms with Gasteiger partial charge in [-0.15, -0.1) is 0 Å². The lowest BCUT2D eigenvalue weighted by molar-refractivity contribution is -0.121. The first-order chi connectivity index (χ1) is 13.5. The third-order valence-electron chi connectivity index (χ3n) is 5.38. The van der Waals surface area contributed by atoms with E-state index in [2.05, 4.69) is 5.32 Å². The Labute approximate surface area is 167 Å². The molecule has 1 N–H and O–H groups in total. The van der Waals surface area contributed by atoms with Crippen LogP contribution < -0.4 is 10.1 Å². The van der Waals surface area contributed by atoms with E-state index in [1.54, 1.807) is 29.6 Å². The Bertz CT molecular complexity index is 769. The predicted octanol–water partition coefficient (Wildman–Crippen LogP) is 2.10. The molecule has 1 aromatic carbocycles. The number of amides is 1. The molecular formula is C20H30N2O5S. The molecule has 2 aliphatic rings. The highest BCUT2D eigenvalue weighted by atomic mass is 32.2. The smallest absolute Gasteiger partial charge is 0.243 e. The topological polar surface area (TPSA) is 84.9 Å². The maximum Gasteiger partial charge on any atom is 0.243 e. The molecule has 2 fully saturated rings. The summed E-state index contributed by atoms with van der Waals surface area (Å²) >= 11 is 0. The highest BCUT2D eigenvalue weighted by molar-refractivity contribution is 7.89. The van der Waals surface area contributed by atoms with Gasteiger partial charge in [0.15, 0.2) is 0 Å². The lowest BCUT2D eigenvalue weighted by Gasteiger charge is -2.26. The molecule has 8 heteroatoms. The molecule has 1 atom stereocenters. The van der Waals surface area contributed by atoms with Gasteiger partial charge in [0.2, 0.25) is 15.9 Å². The van der Waals surface area contributed by atoms with Gasteiger partial charge in [0.1, 0.15) is 5.75 Å². The molecule has 0 aliphatic carbocycles. The summed E-state index contributed by atoms with van der Waals surface area (Å²) in [7, 11) is -1.96. The number of rotatable bonds is 8. The lowest BCUT2D eigenvalue weighted by Crippen LogP contribution is -2.35. The number of methoxy groups -OCH3 is 1. The molecule has 0 bridgehead atoms. The standard InChI is InChI=1S/C20H30N2O5S/c1-26-19-9-8-18(28(24,25)22-11-3-2-4-12-22)14-16(19)7-10-20(23)21-15-17-6-5-13-27-17/h8-9,14,17H,2-7,10-13,15H2,1H3,(H,21,23). The number of ether oxygens (including phenoxy) is 2. The summed E-state index contributed by atoms with van der Waals surface area (Å²) in [5.41, 5.74) is 0.729. The monoisotopic (exact) mass is 410 g/mol. The molecule has 2 aliphatic heterocycles. The number of sulfonamides is 1. The number of piperidine rings is 1. The molecule has 0 spiro atoms. The predicted molar refractivity (Wildman–Crippen MR) is 106 cm³/mol. The SMILES string of the molecule is COc1ccc(S(=O)(=O)N2CCCCC2)cc1CCC(=O)NCC1CCCO1. The van der Waals surface area contributed by atoms with E-state index >= 15 is 0 Å². The number of benzene rings is 1. The summed E-state index contributed by atoms with van der Waals surface area (Å²) < 4.78 is 38.3. The van der Waals surface area contributed by atoms with E-state index in [1.165, 1.54) is 0 Å². The van der Waals surface area contributed by atoms with Gasteiger partial charge in [-0.2, -0.15) is 4.31 Å². The molecule has 2 saturated heterocycles. The number of carbonyl (C=O) groups excluding carboxylic acids is 1. The maximum absolute atomic E-state index is 12.9. The Kier molecular flexibility index (Phi) is 7.31. The fourth-order valence-corrected chi connectivity index (χ4v) is 5.30. The van der Waals surface area contributed by atoms with E-state index in [9.17, 15) is 13.2 Å². The fraction of sp³-hybridized carbons (Fsp3) is 0.650. The molecule has 1 unspecified atom stereocenters. The quantitative estimate of drug-likeness (QED) is 0.709. The van der Waals surface area contributed by atoms with Crippen LogP contribution in [0.25, 0.3) is 0 Å². The number of hydrogen-bond acceptors (Lipinski definition) is 5. The zero-order chi connectivity index (χ0) is 20.0.